The molecule has 2 aliphatic rings. The number of carbonyl (C=O) groups excluding carboxylic acids is 2. The molecule has 0 aliphatic carbocycles. The topological polar surface area (TPSA) is 111 Å². The maximum absolute atomic E-state index is 12.5. The molecule has 1 aromatic heterocycles. The summed E-state index contributed by atoms with van der Waals surface area (Å²) in [5.74, 6) is -1.63. The first-order valence-electron chi connectivity index (χ1n) is 11.2. The van der Waals surface area contributed by atoms with E-state index in [0.29, 0.717) is 24.4 Å². The largest absolute Gasteiger partial charge is 0.543 e. The van der Waals surface area contributed by atoms with Crippen LogP contribution in [0.2, 0.25) is 0 Å². The highest BCUT2D eigenvalue weighted by Gasteiger charge is 2.55. The lowest BCUT2D eigenvalue weighted by molar-refractivity contribution is -0.674. The van der Waals surface area contributed by atoms with Crippen LogP contribution in [-0.2, 0) is 16.1 Å². The fourth-order valence-corrected chi connectivity index (χ4v) is 5.04. The van der Waals surface area contributed by atoms with Crippen LogP contribution in [0.1, 0.15) is 24.5 Å². The first-order valence-corrected chi connectivity index (χ1v) is 11.2. The van der Waals surface area contributed by atoms with Gasteiger partial charge in [0.25, 0.3) is 5.82 Å². The van der Waals surface area contributed by atoms with Gasteiger partial charge < -0.3 is 19.9 Å². The predicted octanol–water partition coefficient (Wildman–Crippen LogP) is 1.34. The van der Waals surface area contributed by atoms with Crippen molar-refractivity contribution in [1.82, 2.24) is 4.90 Å². The molecule has 34 heavy (non-hydrogen) atoms. The van der Waals surface area contributed by atoms with Crippen molar-refractivity contribution in [3.05, 3.63) is 89.8 Å². The highest BCUT2D eigenvalue weighted by molar-refractivity contribution is 6.05. The minimum Gasteiger partial charge on any atom is -0.543 e. The molecule has 1 fully saturated rings. The second kappa shape index (κ2) is 8.43. The Kier molecular flexibility index (Phi) is 5.42. The second-order valence-electron chi connectivity index (χ2n) is 8.89. The molecular weight excluding hydrogens is 430 g/mol. The number of pyridine rings is 1. The van der Waals surface area contributed by atoms with Crippen LogP contribution in [-0.4, -0.2) is 34.0 Å². The Morgan fingerprint density at radius 1 is 1.12 bits per heavy atom. The summed E-state index contributed by atoms with van der Waals surface area (Å²) >= 11 is 0. The maximum Gasteiger partial charge on any atom is 0.272 e. The standard InChI is InChI=1S/C27H25N3O4/c1-16(31)24-22-14-21(25(27(33)34)30(22)26(24)32)20-6-4-5-19(13-20)18-10-8-17(9-11-18)15-29-12-3-2-7-23(29)28/h2-13,16,22,24,28,31H,14-15H2,1H3,(H,33,34)/t16-,22-,24-/m1/s1. The van der Waals surface area contributed by atoms with E-state index in [0.717, 1.165) is 22.3 Å². The smallest absolute Gasteiger partial charge is 0.272 e. The van der Waals surface area contributed by atoms with Crippen molar-refractivity contribution in [3.63, 3.8) is 0 Å². The molecule has 3 N–H and O–H groups in total. The van der Waals surface area contributed by atoms with Gasteiger partial charge in [0.15, 0.2) is 0 Å². The number of carbonyl (C=O) groups is 2. The summed E-state index contributed by atoms with van der Waals surface area (Å²) in [7, 11) is 0. The lowest BCUT2D eigenvalue weighted by atomic mass is 9.82. The van der Waals surface area contributed by atoms with Gasteiger partial charge in [-0.2, -0.15) is 0 Å². The average molecular weight is 456 g/mol. The molecule has 3 aromatic rings. The summed E-state index contributed by atoms with van der Waals surface area (Å²) in [6, 6.07) is 21.1. The molecule has 172 valence electrons. The predicted molar refractivity (Wildman–Crippen MR) is 124 cm³/mol. The van der Waals surface area contributed by atoms with Crippen molar-refractivity contribution in [2.75, 3.05) is 5.73 Å². The van der Waals surface area contributed by atoms with E-state index in [4.69, 9.17) is 5.73 Å². The monoisotopic (exact) mass is 455 g/mol. The van der Waals surface area contributed by atoms with Gasteiger partial charge in [-0.25, -0.2) is 4.57 Å². The zero-order valence-corrected chi connectivity index (χ0v) is 18.7. The fourth-order valence-electron chi connectivity index (χ4n) is 5.04. The van der Waals surface area contributed by atoms with E-state index in [-0.39, 0.29) is 17.6 Å². The molecule has 0 spiro atoms. The van der Waals surface area contributed by atoms with Crippen LogP contribution >= 0.6 is 0 Å². The third-order valence-electron chi connectivity index (χ3n) is 6.75. The average Bonchev–Trinajstić information content (AvgIpc) is 3.16. The summed E-state index contributed by atoms with van der Waals surface area (Å²) in [6.45, 7) is 2.22. The number of fused-ring (bicyclic) bond motifs is 1. The number of anilines is 1. The van der Waals surface area contributed by atoms with E-state index in [2.05, 4.69) is 0 Å². The molecule has 7 heteroatoms. The first-order chi connectivity index (χ1) is 16.3. The Morgan fingerprint density at radius 2 is 1.85 bits per heavy atom. The quantitative estimate of drug-likeness (QED) is 0.431. The molecule has 5 rings (SSSR count). The molecular formula is C27H25N3O4. The summed E-state index contributed by atoms with van der Waals surface area (Å²) < 4.78 is 1.97. The SMILES string of the molecule is C[C@@H](O)[C@H]1C(=O)N2C(C(=O)[O-])=C(c3cccc(-c4ccc(C[n+]5ccccc5N)cc4)c3)C[C@H]12. The van der Waals surface area contributed by atoms with Crippen LogP contribution in [0.15, 0.2) is 78.6 Å². The van der Waals surface area contributed by atoms with Gasteiger partial charge in [0.2, 0.25) is 5.91 Å². The Balaban J connectivity index is 1.43. The van der Waals surface area contributed by atoms with Crippen molar-refractivity contribution in [3.8, 4) is 11.1 Å². The van der Waals surface area contributed by atoms with Crippen LogP contribution in [0.4, 0.5) is 5.82 Å². The van der Waals surface area contributed by atoms with E-state index in [1.807, 2.05) is 77.5 Å². The molecule has 3 atom stereocenters. The number of carboxylic acids is 1. The lowest BCUT2D eigenvalue weighted by Crippen LogP contribution is -2.62. The number of hydrogen-bond acceptors (Lipinski definition) is 5. The maximum atomic E-state index is 12.5. The van der Waals surface area contributed by atoms with Gasteiger partial charge in [0, 0.05) is 6.07 Å². The second-order valence-corrected chi connectivity index (χ2v) is 8.89. The van der Waals surface area contributed by atoms with Crippen LogP contribution in [0.5, 0.6) is 0 Å². The van der Waals surface area contributed by atoms with Crippen LogP contribution in [0.3, 0.4) is 0 Å². The van der Waals surface area contributed by atoms with Gasteiger partial charge in [0.1, 0.15) is 6.54 Å². The number of aliphatic hydroxyl groups is 1. The zero-order chi connectivity index (χ0) is 24.0. The molecule has 3 heterocycles. The number of β-lactam (4-membered cyclic amide) rings is 1. The summed E-state index contributed by atoms with van der Waals surface area (Å²) in [5, 5.41) is 21.9. The Hall–Kier alpha value is -3.97. The molecule has 1 saturated heterocycles. The van der Waals surface area contributed by atoms with E-state index >= 15 is 0 Å². The van der Waals surface area contributed by atoms with Crippen molar-refractivity contribution < 1.29 is 24.4 Å². The molecule has 2 aromatic carbocycles. The third kappa shape index (κ3) is 3.64. The number of nitrogens with two attached hydrogens (primary N) is 1. The highest BCUT2D eigenvalue weighted by Crippen LogP contribution is 2.47. The van der Waals surface area contributed by atoms with E-state index in [1.54, 1.807) is 6.92 Å². The number of aromatic nitrogens is 1. The van der Waals surface area contributed by atoms with Crippen LogP contribution < -0.4 is 15.4 Å². The number of aliphatic carboxylic acids is 1. The minimum atomic E-state index is -1.37. The van der Waals surface area contributed by atoms with Crippen LogP contribution in [0, 0.1) is 5.92 Å². The number of hydrogen-bond donors (Lipinski definition) is 2. The first kappa shape index (κ1) is 21.9. The molecule has 7 nitrogen and oxygen atoms in total. The molecule has 2 aliphatic heterocycles. The number of carboxylic acid groups (broad SMARTS) is 1. The highest BCUT2D eigenvalue weighted by atomic mass is 16.4. The van der Waals surface area contributed by atoms with Gasteiger partial charge in [0.05, 0.1) is 35.9 Å². The van der Waals surface area contributed by atoms with Gasteiger partial charge in [-0.15, -0.1) is 0 Å². The van der Waals surface area contributed by atoms with E-state index < -0.39 is 18.0 Å². The van der Waals surface area contributed by atoms with Crippen molar-refractivity contribution in [1.29, 1.82) is 0 Å². The van der Waals surface area contributed by atoms with Crippen molar-refractivity contribution in [2.45, 2.75) is 32.0 Å². The van der Waals surface area contributed by atoms with Gasteiger partial charge >= 0.3 is 0 Å². The van der Waals surface area contributed by atoms with Gasteiger partial charge in [-0.1, -0.05) is 48.5 Å². The Bertz CT molecular complexity index is 1310. The number of benzene rings is 2. The third-order valence-corrected chi connectivity index (χ3v) is 6.75. The Morgan fingerprint density at radius 3 is 2.53 bits per heavy atom. The number of rotatable bonds is 6. The number of aliphatic hydroxyl groups excluding tert-OH is 1. The summed E-state index contributed by atoms with van der Waals surface area (Å²) in [5.41, 5.74) is 10.3. The number of nitrogens with zero attached hydrogens (tertiary/aromatic N) is 2. The Labute approximate surface area is 197 Å². The minimum absolute atomic E-state index is 0.0862. The van der Waals surface area contributed by atoms with Crippen molar-refractivity contribution >= 4 is 23.3 Å². The molecule has 0 unspecified atom stereocenters. The number of nitrogen functional groups attached to an aromatic ring is 1. The molecule has 1 amide bonds. The summed E-state index contributed by atoms with van der Waals surface area (Å²) in [4.78, 5) is 25.7. The van der Waals surface area contributed by atoms with E-state index in [9.17, 15) is 19.8 Å². The van der Waals surface area contributed by atoms with Crippen LogP contribution in [0.25, 0.3) is 16.7 Å². The van der Waals surface area contributed by atoms with E-state index in [1.165, 1.54) is 4.90 Å². The zero-order valence-electron chi connectivity index (χ0n) is 18.7. The van der Waals surface area contributed by atoms with Gasteiger partial charge in [-0.3, -0.25) is 10.5 Å². The molecule has 0 radical (unpaired) electrons. The molecule has 0 saturated carbocycles. The lowest BCUT2D eigenvalue weighted by Gasteiger charge is -2.45. The molecule has 0 bridgehead atoms. The summed E-state index contributed by atoms with van der Waals surface area (Å²) in [6.07, 6.45) is 1.49. The fraction of sp³-hybridized carbons (Fsp3) is 0.222. The normalized spacial score (nSPS) is 20.2. The number of amides is 1. The van der Waals surface area contributed by atoms with Gasteiger partial charge in [-0.05, 0) is 53.3 Å². The van der Waals surface area contributed by atoms with Crippen molar-refractivity contribution in [2.24, 2.45) is 5.92 Å².